The van der Waals surface area contributed by atoms with Gasteiger partial charge in [0.25, 0.3) is 5.91 Å². The molecular weight excluding hydrogens is 282 g/mol. The maximum Gasteiger partial charge on any atom is 0.254 e. The fourth-order valence-corrected chi connectivity index (χ4v) is 2.62. The van der Waals surface area contributed by atoms with E-state index >= 15 is 0 Å². The third-order valence-corrected chi connectivity index (χ3v) is 3.74. The van der Waals surface area contributed by atoms with E-state index in [0.717, 1.165) is 22.5 Å². The molecule has 7 heteroatoms. The molecule has 0 aliphatic carbocycles. The van der Waals surface area contributed by atoms with Gasteiger partial charge in [-0.3, -0.25) is 9.89 Å². The minimum Gasteiger partial charge on any atom is -0.496 e. The Morgan fingerprint density at radius 2 is 2.32 bits per heavy atom. The molecule has 1 aliphatic rings. The van der Waals surface area contributed by atoms with E-state index in [1.165, 1.54) is 7.11 Å². The maximum atomic E-state index is 12.0. The molecular formula is C15H15N5O2. The number of amides is 1. The molecule has 0 radical (unpaired) electrons. The van der Waals surface area contributed by atoms with Crippen molar-refractivity contribution < 1.29 is 9.53 Å². The predicted octanol–water partition coefficient (Wildman–Crippen LogP) is 1.24. The molecule has 0 unspecified atom stereocenters. The van der Waals surface area contributed by atoms with Crippen LogP contribution in [0.4, 0.5) is 0 Å². The predicted molar refractivity (Wildman–Crippen MR) is 78.8 cm³/mol. The van der Waals surface area contributed by atoms with Crippen molar-refractivity contribution in [2.75, 3.05) is 14.2 Å². The number of hydrogen-bond donors (Lipinski definition) is 2. The molecule has 2 N–H and O–H groups in total. The van der Waals surface area contributed by atoms with Gasteiger partial charge in [0.05, 0.1) is 37.2 Å². The zero-order valence-corrected chi connectivity index (χ0v) is 12.3. The molecule has 0 bridgehead atoms. The van der Waals surface area contributed by atoms with Gasteiger partial charge in [-0.2, -0.15) is 10.4 Å². The fraction of sp³-hybridized carbons (Fsp3) is 0.267. The summed E-state index contributed by atoms with van der Waals surface area (Å²) in [4.78, 5) is 13.6. The standard InChI is InChI=1S/C15H15N5O2/c1-17-15(21)10-5-9(3-4-13(10)22-2)14-11-6-20(8-16)7-12(11)18-19-14/h3-5H,6-7H2,1-2H3,(H,17,21)(H,18,19). The van der Waals surface area contributed by atoms with Gasteiger partial charge in [-0.25, -0.2) is 0 Å². The highest BCUT2D eigenvalue weighted by molar-refractivity contribution is 5.98. The van der Waals surface area contributed by atoms with Crippen molar-refractivity contribution in [3.63, 3.8) is 0 Å². The molecule has 112 valence electrons. The van der Waals surface area contributed by atoms with Gasteiger partial charge < -0.3 is 15.0 Å². The number of H-pyrrole nitrogens is 1. The summed E-state index contributed by atoms with van der Waals surface area (Å²) < 4.78 is 5.23. The number of aromatic nitrogens is 2. The monoisotopic (exact) mass is 297 g/mol. The summed E-state index contributed by atoms with van der Waals surface area (Å²) in [7, 11) is 3.10. The number of nitriles is 1. The Hall–Kier alpha value is -3.01. The number of carbonyl (C=O) groups is 1. The van der Waals surface area contributed by atoms with E-state index in [-0.39, 0.29) is 5.91 Å². The number of benzene rings is 1. The van der Waals surface area contributed by atoms with Gasteiger partial charge in [-0.1, -0.05) is 0 Å². The van der Waals surface area contributed by atoms with Crippen LogP contribution in [-0.2, 0) is 13.1 Å². The zero-order valence-electron chi connectivity index (χ0n) is 12.3. The molecule has 0 atom stereocenters. The van der Waals surface area contributed by atoms with Gasteiger partial charge >= 0.3 is 0 Å². The van der Waals surface area contributed by atoms with Gasteiger partial charge in [-0.15, -0.1) is 0 Å². The van der Waals surface area contributed by atoms with Crippen molar-refractivity contribution in [3.8, 4) is 23.2 Å². The van der Waals surface area contributed by atoms with Gasteiger partial charge in [-0.05, 0) is 18.2 Å². The number of aromatic amines is 1. The molecule has 2 heterocycles. The molecule has 3 rings (SSSR count). The molecule has 22 heavy (non-hydrogen) atoms. The van der Waals surface area contributed by atoms with Crippen LogP contribution in [0.25, 0.3) is 11.3 Å². The molecule has 0 saturated carbocycles. The number of carbonyl (C=O) groups excluding carboxylic acids is 1. The van der Waals surface area contributed by atoms with E-state index in [0.29, 0.717) is 24.4 Å². The smallest absolute Gasteiger partial charge is 0.254 e. The first-order valence-electron chi connectivity index (χ1n) is 6.79. The Labute approximate surface area is 127 Å². The van der Waals surface area contributed by atoms with Gasteiger partial charge in [0, 0.05) is 18.2 Å². The third kappa shape index (κ3) is 2.15. The van der Waals surface area contributed by atoms with Crippen LogP contribution in [0.15, 0.2) is 18.2 Å². The quantitative estimate of drug-likeness (QED) is 0.831. The average molecular weight is 297 g/mol. The lowest BCUT2D eigenvalue weighted by Gasteiger charge is -2.10. The normalized spacial score (nSPS) is 12.7. The lowest BCUT2D eigenvalue weighted by atomic mass is 10.0. The number of rotatable bonds is 3. The lowest BCUT2D eigenvalue weighted by Crippen LogP contribution is -2.18. The Morgan fingerprint density at radius 3 is 3.00 bits per heavy atom. The van der Waals surface area contributed by atoms with E-state index in [4.69, 9.17) is 10.00 Å². The Bertz CT molecular complexity index is 775. The van der Waals surface area contributed by atoms with Crippen molar-refractivity contribution in [2.45, 2.75) is 13.1 Å². The molecule has 0 spiro atoms. The SMILES string of the molecule is CNC(=O)c1cc(-c2n[nH]c3c2CN(C#N)C3)ccc1OC. The van der Waals surface area contributed by atoms with Crippen molar-refractivity contribution >= 4 is 5.91 Å². The molecule has 1 amide bonds. The number of methoxy groups -OCH3 is 1. The van der Waals surface area contributed by atoms with Crippen molar-refractivity contribution in [3.05, 3.63) is 35.0 Å². The second kappa shape index (κ2) is 5.41. The van der Waals surface area contributed by atoms with Crippen molar-refractivity contribution in [1.82, 2.24) is 20.4 Å². The van der Waals surface area contributed by atoms with Crippen LogP contribution in [-0.4, -0.2) is 35.2 Å². The Morgan fingerprint density at radius 1 is 1.50 bits per heavy atom. The minimum atomic E-state index is -0.218. The number of fused-ring (bicyclic) bond motifs is 1. The molecule has 1 aromatic heterocycles. The van der Waals surface area contributed by atoms with E-state index < -0.39 is 0 Å². The van der Waals surface area contributed by atoms with Crippen LogP contribution in [0.3, 0.4) is 0 Å². The highest BCUT2D eigenvalue weighted by atomic mass is 16.5. The van der Waals surface area contributed by atoms with Crippen LogP contribution in [0.5, 0.6) is 5.75 Å². The van der Waals surface area contributed by atoms with Gasteiger partial charge in [0.2, 0.25) is 0 Å². The average Bonchev–Trinajstić information content (AvgIpc) is 3.13. The molecule has 0 fully saturated rings. The van der Waals surface area contributed by atoms with Crippen LogP contribution < -0.4 is 10.1 Å². The number of nitrogens with zero attached hydrogens (tertiary/aromatic N) is 3. The zero-order chi connectivity index (χ0) is 15.7. The topological polar surface area (TPSA) is 94.0 Å². The molecule has 0 saturated heterocycles. The largest absolute Gasteiger partial charge is 0.496 e. The maximum absolute atomic E-state index is 12.0. The summed E-state index contributed by atoms with van der Waals surface area (Å²) in [5.41, 5.74) is 3.97. The summed E-state index contributed by atoms with van der Waals surface area (Å²) in [5.74, 6) is 0.290. The highest BCUT2D eigenvalue weighted by Gasteiger charge is 2.25. The number of ether oxygens (including phenoxy) is 1. The summed E-state index contributed by atoms with van der Waals surface area (Å²) in [6, 6.07) is 5.36. The van der Waals surface area contributed by atoms with E-state index in [1.807, 2.05) is 6.07 Å². The number of hydrogen-bond acceptors (Lipinski definition) is 5. The molecule has 1 aromatic carbocycles. The van der Waals surface area contributed by atoms with Gasteiger partial charge in [0.15, 0.2) is 6.19 Å². The number of nitrogens with one attached hydrogen (secondary N) is 2. The summed E-state index contributed by atoms with van der Waals surface area (Å²) in [5, 5.41) is 18.9. The minimum absolute atomic E-state index is 0.218. The first-order valence-corrected chi connectivity index (χ1v) is 6.79. The summed E-state index contributed by atoms with van der Waals surface area (Å²) in [6.45, 7) is 1.07. The lowest BCUT2D eigenvalue weighted by molar-refractivity contribution is 0.0960. The Balaban J connectivity index is 2.04. The summed E-state index contributed by atoms with van der Waals surface area (Å²) in [6.07, 6.45) is 2.13. The first-order chi connectivity index (χ1) is 10.7. The molecule has 1 aliphatic heterocycles. The molecule has 7 nitrogen and oxygen atoms in total. The molecule has 2 aromatic rings. The first kappa shape index (κ1) is 13.9. The van der Waals surface area contributed by atoms with E-state index in [9.17, 15) is 4.79 Å². The van der Waals surface area contributed by atoms with E-state index in [2.05, 4.69) is 21.7 Å². The third-order valence-electron chi connectivity index (χ3n) is 3.74. The summed E-state index contributed by atoms with van der Waals surface area (Å²) >= 11 is 0. The van der Waals surface area contributed by atoms with E-state index in [1.54, 1.807) is 24.1 Å². The Kier molecular flexibility index (Phi) is 3.43. The fourth-order valence-electron chi connectivity index (χ4n) is 2.62. The van der Waals surface area contributed by atoms with Crippen LogP contribution in [0, 0.1) is 11.5 Å². The second-order valence-corrected chi connectivity index (χ2v) is 4.98. The van der Waals surface area contributed by atoms with Crippen molar-refractivity contribution in [1.29, 1.82) is 5.26 Å². The highest BCUT2D eigenvalue weighted by Crippen LogP contribution is 2.32. The van der Waals surface area contributed by atoms with Crippen LogP contribution in [0.2, 0.25) is 0 Å². The van der Waals surface area contributed by atoms with Gasteiger partial charge in [0.1, 0.15) is 5.75 Å². The second-order valence-electron chi connectivity index (χ2n) is 4.98. The van der Waals surface area contributed by atoms with Crippen molar-refractivity contribution in [2.24, 2.45) is 0 Å². The van der Waals surface area contributed by atoms with Crippen LogP contribution >= 0.6 is 0 Å². The van der Waals surface area contributed by atoms with Crippen LogP contribution in [0.1, 0.15) is 21.6 Å².